The van der Waals surface area contributed by atoms with Crippen molar-refractivity contribution >= 4 is 11.4 Å². The maximum atomic E-state index is 5.93. The van der Waals surface area contributed by atoms with Gasteiger partial charge in [-0.05, 0) is 42.7 Å². The van der Waals surface area contributed by atoms with Gasteiger partial charge in [-0.3, -0.25) is 0 Å². The van der Waals surface area contributed by atoms with Gasteiger partial charge in [0.05, 0.1) is 13.7 Å². The molecular formula is C18H22N2O2. The molecule has 0 spiro atoms. The second kappa shape index (κ2) is 6.60. The van der Waals surface area contributed by atoms with Gasteiger partial charge >= 0.3 is 0 Å². The zero-order valence-corrected chi connectivity index (χ0v) is 12.9. The van der Waals surface area contributed by atoms with E-state index in [-0.39, 0.29) is 0 Å². The lowest BCUT2D eigenvalue weighted by atomic mass is 10.0. The van der Waals surface area contributed by atoms with Crippen molar-refractivity contribution in [1.82, 2.24) is 0 Å². The van der Waals surface area contributed by atoms with Crippen LogP contribution in [0.5, 0.6) is 11.5 Å². The molecular weight excluding hydrogens is 276 g/mol. The van der Waals surface area contributed by atoms with Gasteiger partial charge in [-0.2, -0.15) is 0 Å². The minimum Gasteiger partial charge on any atom is -0.493 e. The van der Waals surface area contributed by atoms with Gasteiger partial charge in [0.25, 0.3) is 0 Å². The number of benzene rings is 2. The monoisotopic (exact) mass is 298 g/mol. The first-order chi connectivity index (χ1) is 10.8. The molecule has 0 bridgehead atoms. The zero-order chi connectivity index (χ0) is 15.4. The Labute approximate surface area is 131 Å². The Balaban J connectivity index is 1.64. The molecule has 0 fully saturated rings. The summed E-state index contributed by atoms with van der Waals surface area (Å²) in [6.45, 7) is 2.51. The Kier molecular flexibility index (Phi) is 4.37. The van der Waals surface area contributed by atoms with Crippen molar-refractivity contribution in [2.24, 2.45) is 0 Å². The third kappa shape index (κ3) is 3.11. The number of nitrogen functional groups attached to an aromatic ring is 1. The van der Waals surface area contributed by atoms with Gasteiger partial charge < -0.3 is 20.1 Å². The summed E-state index contributed by atoms with van der Waals surface area (Å²) in [7, 11) is 1.66. The molecule has 4 nitrogen and oxygen atoms in total. The van der Waals surface area contributed by atoms with Crippen LogP contribution in [0.3, 0.4) is 0 Å². The predicted molar refractivity (Wildman–Crippen MR) is 89.9 cm³/mol. The summed E-state index contributed by atoms with van der Waals surface area (Å²) in [6, 6.07) is 13.9. The predicted octanol–water partition coefficient (Wildman–Crippen LogP) is 3.11. The molecule has 2 aromatic rings. The van der Waals surface area contributed by atoms with E-state index in [1.807, 2.05) is 30.3 Å². The molecule has 1 aliphatic rings. The summed E-state index contributed by atoms with van der Waals surface area (Å²) >= 11 is 0. The number of rotatable bonds is 5. The lowest BCUT2D eigenvalue weighted by Crippen LogP contribution is -2.33. The van der Waals surface area contributed by atoms with Crippen LogP contribution in [0.2, 0.25) is 0 Å². The number of methoxy groups -OCH3 is 1. The van der Waals surface area contributed by atoms with Crippen molar-refractivity contribution in [3.8, 4) is 11.5 Å². The normalized spacial score (nSPS) is 13.6. The zero-order valence-electron chi connectivity index (χ0n) is 12.9. The fraction of sp³-hybridized carbons (Fsp3) is 0.333. The number of hydrogen-bond donors (Lipinski definition) is 1. The van der Waals surface area contributed by atoms with E-state index in [1.165, 1.54) is 17.7 Å². The van der Waals surface area contributed by atoms with Crippen LogP contribution in [0.1, 0.15) is 12.0 Å². The Bertz CT molecular complexity index is 643. The molecule has 0 radical (unpaired) electrons. The molecule has 0 aromatic heterocycles. The molecule has 2 aromatic carbocycles. The van der Waals surface area contributed by atoms with Crippen molar-refractivity contribution in [3.05, 3.63) is 48.0 Å². The highest BCUT2D eigenvalue weighted by molar-refractivity contribution is 5.62. The summed E-state index contributed by atoms with van der Waals surface area (Å²) in [5.41, 5.74) is 9.36. The maximum absolute atomic E-state index is 5.93. The first kappa shape index (κ1) is 14.6. The highest BCUT2D eigenvalue weighted by atomic mass is 16.5. The summed E-state index contributed by atoms with van der Waals surface area (Å²) in [5, 5.41) is 0. The van der Waals surface area contributed by atoms with E-state index >= 15 is 0 Å². The molecule has 3 rings (SSSR count). The molecule has 4 heteroatoms. The van der Waals surface area contributed by atoms with Gasteiger partial charge in [-0.25, -0.2) is 0 Å². The van der Waals surface area contributed by atoms with Crippen LogP contribution < -0.4 is 20.1 Å². The smallest absolute Gasteiger partial charge is 0.161 e. The summed E-state index contributed by atoms with van der Waals surface area (Å²) in [4.78, 5) is 2.35. The second-order valence-corrected chi connectivity index (χ2v) is 5.48. The van der Waals surface area contributed by atoms with E-state index in [9.17, 15) is 0 Å². The van der Waals surface area contributed by atoms with Gasteiger partial charge in [0.1, 0.15) is 6.61 Å². The van der Waals surface area contributed by atoms with Crippen molar-refractivity contribution in [3.63, 3.8) is 0 Å². The molecule has 0 saturated carbocycles. The number of aryl methyl sites for hydroxylation is 1. The fourth-order valence-electron chi connectivity index (χ4n) is 2.90. The lowest BCUT2D eigenvalue weighted by molar-refractivity contribution is 0.298. The number of ether oxygens (including phenoxy) is 2. The molecule has 116 valence electrons. The number of nitrogens with two attached hydrogens (primary N) is 1. The number of nitrogens with zero attached hydrogens (tertiary/aromatic N) is 1. The van der Waals surface area contributed by atoms with E-state index in [0.717, 1.165) is 36.7 Å². The third-order valence-corrected chi connectivity index (χ3v) is 4.01. The molecule has 1 heterocycles. The molecule has 22 heavy (non-hydrogen) atoms. The lowest BCUT2D eigenvalue weighted by Gasteiger charge is -2.31. The average molecular weight is 298 g/mol. The number of para-hydroxylation sites is 2. The molecule has 2 N–H and O–H groups in total. The van der Waals surface area contributed by atoms with Gasteiger partial charge in [0.2, 0.25) is 0 Å². The van der Waals surface area contributed by atoms with E-state index in [1.54, 1.807) is 7.11 Å². The second-order valence-electron chi connectivity index (χ2n) is 5.48. The Morgan fingerprint density at radius 1 is 1.14 bits per heavy atom. The van der Waals surface area contributed by atoms with Crippen molar-refractivity contribution < 1.29 is 9.47 Å². The van der Waals surface area contributed by atoms with Crippen molar-refractivity contribution in [2.75, 3.05) is 37.4 Å². The molecule has 1 aliphatic heterocycles. The fourth-order valence-corrected chi connectivity index (χ4v) is 2.90. The van der Waals surface area contributed by atoms with Crippen molar-refractivity contribution in [2.45, 2.75) is 12.8 Å². The first-order valence-electron chi connectivity index (χ1n) is 7.67. The quantitative estimate of drug-likeness (QED) is 0.862. The van der Waals surface area contributed by atoms with Gasteiger partial charge in [0.15, 0.2) is 11.5 Å². The SMILES string of the molecule is COc1ccccc1OCCN1CCCc2ccc(N)cc21. The minimum absolute atomic E-state index is 0.620. The van der Waals surface area contributed by atoms with E-state index in [0.29, 0.717) is 6.61 Å². The van der Waals surface area contributed by atoms with Crippen LogP contribution in [0.15, 0.2) is 42.5 Å². The Hall–Kier alpha value is -2.36. The topological polar surface area (TPSA) is 47.7 Å². The van der Waals surface area contributed by atoms with Crippen LogP contribution >= 0.6 is 0 Å². The third-order valence-electron chi connectivity index (χ3n) is 4.01. The number of hydrogen-bond acceptors (Lipinski definition) is 4. The summed E-state index contributed by atoms with van der Waals surface area (Å²) < 4.78 is 11.2. The van der Waals surface area contributed by atoms with Crippen LogP contribution in [0.4, 0.5) is 11.4 Å². The van der Waals surface area contributed by atoms with Crippen molar-refractivity contribution in [1.29, 1.82) is 0 Å². The van der Waals surface area contributed by atoms with Crippen LogP contribution in [-0.2, 0) is 6.42 Å². The van der Waals surface area contributed by atoms with E-state index < -0.39 is 0 Å². The standard InChI is InChI=1S/C18H22N2O2/c1-21-17-6-2-3-7-18(17)22-12-11-20-10-4-5-14-8-9-15(19)13-16(14)20/h2-3,6-9,13H,4-5,10-12,19H2,1H3. The summed E-state index contributed by atoms with van der Waals surface area (Å²) in [5.74, 6) is 1.56. The number of fused-ring (bicyclic) bond motifs is 1. The highest BCUT2D eigenvalue weighted by Crippen LogP contribution is 2.29. The largest absolute Gasteiger partial charge is 0.493 e. The molecule has 0 atom stereocenters. The Morgan fingerprint density at radius 2 is 1.95 bits per heavy atom. The van der Waals surface area contributed by atoms with E-state index in [2.05, 4.69) is 17.0 Å². The van der Waals surface area contributed by atoms with Crippen LogP contribution in [0, 0.1) is 0 Å². The number of anilines is 2. The van der Waals surface area contributed by atoms with Gasteiger partial charge in [-0.1, -0.05) is 18.2 Å². The van der Waals surface area contributed by atoms with E-state index in [4.69, 9.17) is 15.2 Å². The average Bonchev–Trinajstić information content (AvgIpc) is 2.55. The van der Waals surface area contributed by atoms with Gasteiger partial charge in [-0.15, -0.1) is 0 Å². The van der Waals surface area contributed by atoms with Crippen LogP contribution in [0.25, 0.3) is 0 Å². The highest BCUT2D eigenvalue weighted by Gasteiger charge is 2.17. The maximum Gasteiger partial charge on any atom is 0.161 e. The molecule has 0 unspecified atom stereocenters. The minimum atomic E-state index is 0.620. The molecule has 0 amide bonds. The molecule has 0 saturated heterocycles. The van der Waals surface area contributed by atoms with Crippen LogP contribution in [-0.4, -0.2) is 26.8 Å². The first-order valence-corrected chi connectivity index (χ1v) is 7.67. The van der Waals surface area contributed by atoms with Gasteiger partial charge in [0, 0.05) is 17.9 Å². The summed E-state index contributed by atoms with van der Waals surface area (Å²) in [6.07, 6.45) is 2.30. The molecule has 0 aliphatic carbocycles. The Morgan fingerprint density at radius 3 is 2.77 bits per heavy atom.